The maximum atomic E-state index is 15.2. The van der Waals surface area contributed by atoms with Crippen molar-refractivity contribution in [1.29, 1.82) is 0 Å². The van der Waals surface area contributed by atoms with Crippen molar-refractivity contribution in [1.82, 2.24) is 19.9 Å². The van der Waals surface area contributed by atoms with Crippen LogP contribution in [-0.2, 0) is 64.4 Å². The number of anilines is 2. The highest BCUT2D eigenvalue weighted by molar-refractivity contribution is 7.87. The summed E-state index contributed by atoms with van der Waals surface area (Å²) in [5.74, 6) is 0.583. The first kappa shape index (κ1) is 65.3. The highest BCUT2D eigenvalue weighted by Gasteiger charge is 2.56. The molecule has 454 valence electrons. The topological polar surface area (TPSA) is 417 Å². The number of hydrogen-bond donors (Lipinski definition) is 11. The van der Waals surface area contributed by atoms with E-state index in [4.69, 9.17) is 44.0 Å². The lowest BCUT2D eigenvalue weighted by Gasteiger charge is -2.38. The number of amides is 4. The van der Waals surface area contributed by atoms with Crippen LogP contribution in [0.25, 0.3) is 0 Å². The second-order valence-electron chi connectivity index (χ2n) is 19.2. The molecule has 0 spiro atoms. The number of rotatable bonds is 27. The number of imide groups is 1. The van der Waals surface area contributed by atoms with Crippen LogP contribution in [0.15, 0.2) is 42.7 Å². The van der Waals surface area contributed by atoms with E-state index in [9.17, 15) is 63.0 Å². The zero-order chi connectivity index (χ0) is 59.4. The predicted octanol–water partition coefficient (Wildman–Crippen LogP) is -3.36. The fraction of sp³-hybridized carbons (Fsp3) is 0.519. The van der Waals surface area contributed by atoms with Crippen LogP contribution in [0.5, 0.6) is 11.5 Å². The summed E-state index contributed by atoms with van der Waals surface area (Å²) in [5.41, 5.74) is 6.95. The first-order valence-electron chi connectivity index (χ1n) is 26.0. The van der Waals surface area contributed by atoms with Crippen molar-refractivity contribution in [3.05, 3.63) is 72.7 Å². The van der Waals surface area contributed by atoms with Crippen LogP contribution in [0.1, 0.15) is 55.7 Å². The first-order chi connectivity index (χ1) is 39.1. The van der Waals surface area contributed by atoms with Gasteiger partial charge in [-0.1, -0.05) is 24.8 Å². The predicted molar refractivity (Wildman–Crippen MR) is 285 cm³/mol. The van der Waals surface area contributed by atoms with Crippen LogP contribution in [0, 0.1) is 31.0 Å². The Balaban J connectivity index is 0.0000111. The quantitative estimate of drug-likeness (QED) is 0.0117. The minimum absolute atomic E-state index is 0. The number of nitrogens with two attached hydrogens (primary N) is 2. The number of carboxylic acid groups (broad SMARTS) is 1. The summed E-state index contributed by atoms with van der Waals surface area (Å²) in [6.45, 7) is 3.94. The Morgan fingerprint density at radius 2 is 1.63 bits per heavy atom. The van der Waals surface area contributed by atoms with E-state index in [1.165, 1.54) is 63.0 Å². The number of carboxylic acids is 1. The number of nitrogen functional groups attached to an aromatic ring is 1. The third kappa shape index (κ3) is 16.7. The van der Waals surface area contributed by atoms with Gasteiger partial charge in [-0.25, -0.2) is 14.3 Å². The van der Waals surface area contributed by atoms with Gasteiger partial charge in [-0.3, -0.25) is 24.1 Å². The molecule has 3 aromatic rings. The van der Waals surface area contributed by atoms with Crippen molar-refractivity contribution in [3.8, 4) is 23.3 Å². The van der Waals surface area contributed by atoms with Gasteiger partial charge in [-0.05, 0) is 37.3 Å². The molecule has 4 amide bonds. The number of fused-ring (bicyclic) bond motifs is 1. The SMILES string of the molecule is CCOc1cccc(F)c1C#CC1C=[N+]([C@@H]2O[C@H](CNS(N)(=O)=O)[C@@H](O)[C@H]2O)c2c1c(N)nc[n+]2Cc1ccc(O[C@@H]2O[C@H](C(=O)O)[C@@H](O)[C@H](O)[C@H]2O)c(NC(=O)CCNC(=O)CCOCCOCCOCCN2C(=O)CC(C)C2=O)c1.[CH3-]. The van der Waals surface area contributed by atoms with Crippen LogP contribution in [0.4, 0.5) is 21.7 Å². The summed E-state index contributed by atoms with van der Waals surface area (Å²) < 4.78 is 83.0. The Labute approximate surface area is 476 Å². The maximum absolute atomic E-state index is 15.2. The maximum Gasteiger partial charge on any atom is 0.456 e. The number of nitrogens with one attached hydrogen (secondary N) is 3. The molecule has 13 N–H and O–H groups in total. The standard InChI is InChI=1S/C51H64FN9O20S.CH3/c1-3-78-33-6-4-5-31(52)30(33)9-8-29-25-61(49-43(68)40(65)35(79-49)23-57-82(54,73)74)47-39(29)46(53)56-26-59(47)24-28-7-10-34(80-51-44(69)41(66)42(67)45(81-51)50(71)72)32(22-28)58-37(63)11-13-55-36(62)12-15-75-17-19-77-20-18-76-16-14-60-38(64)21-27(2)48(60)70;/h4-7,10,22,25-27,29,35,40-45,49,51,53,57,65-69H,3,11-21,23-24H2,1-2H3,(H4-,54,55,58,62,63,71,72,73,74);1H3/q;-1/p+2/t27?,29?,35-,40-,41+,42+,43-,44-,45+,49-,51-;/m1./s1. The van der Waals surface area contributed by atoms with Crippen LogP contribution in [-0.4, -0.2) is 210 Å². The average molecular weight is 1190 g/mol. The van der Waals surface area contributed by atoms with Gasteiger partial charge in [0.05, 0.1) is 58.5 Å². The zero-order valence-corrected chi connectivity index (χ0v) is 46.3. The van der Waals surface area contributed by atoms with Gasteiger partial charge in [-0.2, -0.15) is 18.1 Å². The smallest absolute Gasteiger partial charge is 0.456 e. The molecule has 11 atom stereocenters. The number of aliphatic carboxylic acids is 1. The number of likely N-dealkylation sites (tertiary alicyclic amines) is 1. The fourth-order valence-corrected chi connectivity index (χ4v) is 9.53. The molecule has 3 fully saturated rings. The van der Waals surface area contributed by atoms with E-state index < -0.39 is 102 Å². The molecule has 3 saturated heterocycles. The summed E-state index contributed by atoms with van der Waals surface area (Å²) in [6.07, 6.45) is -13.5. The third-order valence-corrected chi connectivity index (χ3v) is 13.8. The monoisotopic (exact) mass is 1190 g/mol. The van der Waals surface area contributed by atoms with Crippen molar-refractivity contribution in [2.75, 3.05) is 76.9 Å². The minimum atomic E-state index is -4.26. The molecule has 4 aliphatic heterocycles. The summed E-state index contributed by atoms with van der Waals surface area (Å²) in [5, 5.41) is 74.2. The number of aromatic nitrogens is 2. The van der Waals surface area contributed by atoms with Gasteiger partial charge in [0.1, 0.15) is 65.1 Å². The second kappa shape index (κ2) is 29.6. The second-order valence-corrected chi connectivity index (χ2v) is 20.6. The molecular weight excluding hydrogens is 1120 g/mol. The zero-order valence-electron chi connectivity index (χ0n) is 45.5. The molecule has 0 bridgehead atoms. The molecule has 5 heterocycles. The Morgan fingerprint density at radius 1 is 0.916 bits per heavy atom. The lowest BCUT2D eigenvalue weighted by Crippen LogP contribution is -2.61. The Kier molecular flexibility index (Phi) is 23.2. The van der Waals surface area contributed by atoms with Crippen LogP contribution < -0.4 is 40.3 Å². The van der Waals surface area contributed by atoms with E-state index in [2.05, 4.69) is 27.5 Å². The number of aliphatic hydroxyl groups excluding tert-OH is 5. The summed E-state index contributed by atoms with van der Waals surface area (Å²) in [7, 11) is -4.26. The van der Waals surface area contributed by atoms with Gasteiger partial charge in [0.15, 0.2) is 30.5 Å². The van der Waals surface area contributed by atoms with E-state index in [0.717, 1.165) is 0 Å². The van der Waals surface area contributed by atoms with Gasteiger partial charge >= 0.3 is 11.8 Å². The largest absolute Gasteiger partial charge is 0.492 e. The van der Waals surface area contributed by atoms with Crippen molar-refractivity contribution < 1.29 is 110 Å². The number of benzene rings is 2. The lowest BCUT2D eigenvalue weighted by atomic mass is 9.99. The summed E-state index contributed by atoms with van der Waals surface area (Å²) >= 11 is 0. The van der Waals surface area contributed by atoms with Crippen molar-refractivity contribution >= 4 is 63.3 Å². The van der Waals surface area contributed by atoms with Crippen LogP contribution in [0.3, 0.4) is 0 Å². The number of ether oxygens (including phenoxy) is 7. The average Bonchev–Trinajstić information content (AvgIpc) is 2.17. The molecule has 1 aromatic heterocycles. The number of carbonyl (C=O) groups excluding carboxylic acids is 4. The number of halogens is 1. The van der Waals surface area contributed by atoms with Gasteiger partial charge in [0.25, 0.3) is 22.8 Å². The molecule has 7 rings (SSSR count). The van der Waals surface area contributed by atoms with Crippen LogP contribution in [0.2, 0.25) is 0 Å². The number of carbonyl (C=O) groups is 5. The summed E-state index contributed by atoms with van der Waals surface area (Å²) in [6, 6.07) is 8.40. The molecule has 2 aromatic carbocycles. The van der Waals surface area contributed by atoms with Crippen molar-refractivity contribution in [2.24, 2.45) is 11.1 Å². The van der Waals surface area contributed by atoms with Crippen LogP contribution >= 0.6 is 0 Å². The Morgan fingerprint density at radius 3 is 2.30 bits per heavy atom. The molecule has 83 heavy (non-hydrogen) atoms. The molecule has 4 aliphatic rings. The van der Waals surface area contributed by atoms with Gasteiger partial charge in [0.2, 0.25) is 29.9 Å². The highest BCUT2D eigenvalue weighted by Crippen LogP contribution is 2.38. The molecule has 29 nitrogen and oxygen atoms in total. The molecule has 0 radical (unpaired) electrons. The number of hydrogen-bond acceptors (Lipinski definition) is 21. The molecular formula is C52H69FN9O20S+. The highest BCUT2D eigenvalue weighted by atomic mass is 32.2. The van der Waals surface area contributed by atoms with Crippen molar-refractivity contribution in [2.45, 2.75) is 101 Å². The Bertz CT molecular complexity index is 3040. The van der Waals surface area contributed by atoms with Crippen molar-refractivity contribution in [3.63, 3.8) is 0 Å². The Hall–Kier alpha value is -6.90. The minimum Gasteiger partial charge on any atom is -0.492 e. The fourth-order valence-electron chi connectivity index (χ4n) is 9.13. The molecule has 0 saturated carbocycles. The van der Waals surface area contributed by atoms with Gasteiger partial charge in [-0.15, -0.1) is 9.14 Å². The van der Waals surface area contributed by atoms with Gasteiger partial charge < -0.3 is 87.6 Å². The summed E-state index contributed by atoms with van der Waals surface area (Å²) in [4.78, 5) is 67.6. The van der Waals surface area contributed by atoms with E-state index in [0.29, 0.717) is 5.56 Å². The number of nitrogens with zero attached hydrogens (tertiary/aromatic N) is 4. The van der Waals surface area contributed by atoms with E-state index in [-0.39, 0.29) is 150 Å². The first-order valence-corrected chi connectivity index (χ1v) is 27.5. The van der Waals surface area contributed by atoms with Gasteiger partial charge in [0, 0.05) is 43.8 Å². The van der Waals surface area contributed by atoms with E-state index in [1.54, 1.807) is 13.8 Å². The van der Waals surface area contributed by atoms with E-state index in [1.807, 2.05) is 4.72 Å². The molecule has 0 aliphatic carbocycles. The molecule has 31 heteroatoms. The third-order valence-electron chi connectivity index (χ3n) is 13.3. The lowest BCUT2D eigenvalue weighted by molar-refractivity contribution is -0.751. The van der Waals surface area contributed by atoms with E-state index >= 15 is 4.39 Å². The normalized spacial score (nSPS) is 24.8. The number of aliphatic hydroxyl groups is 5. The molecule has 2 unspecified atom stereocenters.